The minimum absolute atomic E-state index is 0.0116. The van der Waals surface area contributed by atoms with Gasteiger partial charge in [-0.2, -0.15) is 0 Å². The van der Waals surface area contributed by atoms with Gasteiger partial charge in [-0.05, 0) is 28.3 Å². The van der Waals surface area contributed by atoms with Gasteiger partial charge in [0.2, 0.25) is 0 Å². The van der Waals surface area contributed by atoms with E-state index in [4.69, 9.17) is 9.84 Å². The number of carboxylic acids is 1. The van der Waals surface area contributed by atoms with Crippen molar-refractivity contribution in [3.63, 3.8) is 0 Å². The first kappa shape index (κ1) is 14.5. The maximum atomic E-state index is 12.3. The summed E-state index contributed by atoms with van der Waals surface area (Å²) in [6.07, 6.45) is 0.589. The van der Waals surface area contributed by atoms with Crippen LogP contribution >= 0.6 is 0 Å². The number of ether oxygens (including phenoxy) is 1. The van der Waals surface area contributed by atoms with E-state index >= 15 is 0 Å². The largest absolute Gasteiger partial charge is 0.480 e. The number of carboxylic acid groups (broad SMARTS) is 1. The Morgan fingerprint density at radius 1 is 1.17 bits per heavy atom. The number of carbonyl (C=O) groups is 1. The van der Waals surface area contributed by atoms with E-state index in [0.29, 0.717) is 12.3 Å². The standard InChI is InChI=1S/C19H15NO4/c21-17-9-12(10-18-20(17)16(11-24-18)19(22)23)8-14-6-3-5-13-4-1-2-7-15(13)14/h1-7,9-10,16H,8,11H2,(H,22,23)/t16-/m0/s1. The van der Waals surface area contributed by atoms with Crippen molar-refractivity contribution in [3.05, 3.63) is 76.1 Å². The van der Waals surface area contributed by atoms with Gasteiger partial charge in [0.1, 0.15) is 6.61 Å². The highest BCUT2D eigenvalue weighted by Crippen LogP contribution is 2.27. The third kappa shape index (κ3) is 2.34. The first-order chi connectivity index (χ1) is 11.6. The Balaban J connectivity index is 1.75. The van der Waals surface area contributed by atoms with E-state index in [-0.39, 0.29) is 12.2 Å². The second kappa shape index (κ2) is 5.53. The molecule has 1 aromatic heterocycles. The average molecular weight is 321 g/mol. The Hall–Kier alpha value is -3.08. The summed E-state index contributed by atoms with van der Waals surface area (Å²) in [6, 6.07) is 16.5. The molecule has 120 valence electrons. The van der Waals surface area contributed by atoms with Crippen LogP contribution in [0.25, 0.3) is 10.8 Å². The van der Waals surface area contributed by atoms with Crippen LogP contribution in [0.1, 0.15) is 17.2 Å². The van der Waals surface area contributed by atoms with E-state index in [1.54, 1.807) is 6.07 Å². The van der Waals surface area contributed by atoms with Gasteiger partial charge in [-0.1, -0.05) is 42.5 Å². The molecule has 2 aromatic carbocycles. The van der Waals surface area contributed by atoms with Gasteiger partial charge in [0.05, 0.1) is 0 Å². The Kier molecular flexibility index (Phi) is 3.34. The number of rotatable bonds is 3. The van der Waals surface area contributed by atoms with E-state index in [1.807, 2.05) is 24.3 Å². The maximum Gasteiger partial charge on any atom is 0.330 e. The molecule has 1 atom stereocenters. The van der Waals surface area contributed by atoms with E-state index in [1.165, 1.54) is 10.6 Å². The van der Waals surface area contributed by atoms with Crippen LogP contribution in [0, 0.1) is 0 Å². The summed E-state index contributed by atoms with van der Waals surface area (Å²) in [6.45, 7) is -0.0116. The fourth-order valence-corrected chi connectivity index (χ4v) is 3.21. The Morgan fingerprint density at radius 3 is 2.79 bits per heavy atom. The monoisotopic (exact) mass is 321 g/mol. The quantitative estimate of drug-likeness (QED) is 0.805. The van der Waals surface area contributed by atoms with Crippen molar-refractivity contribution >= 4 is 16.7 Å². The number of nitrogens with zero attached hydrogens (tertiary/aromatic N) is 1. The highest BCUT2D eigenvalue weighted by atomic mass is 16.5. The molecule has 0 unspecified atom stereocenters. The predicted molar refractivity (Wildman–Crippen MR) is 89.6 cm³/mol. The molecule has 2 heterocycles. The number of aromatic nitrogens is 1. The van der Waals surface area contributed by atoms with Crippen molar-refractivity contribution in [1.29, 1.82) is 0 Å². The maximum absolute atomic E-state index is 12.3. The van der Waals surface area contributed by atoms with Crippen LogP contribution < -0.4 is 10.3 Å². The lowest BCUT2D eigenvalue weighted by Gasteiger charge is -2.09. The van der Waals surface area contributed by atoms with Gasteiger partial charge >= 0.3 is 5.97 Å². The van der Waals surface area contributed by atoms with E-state index in [9.17, 15) is 9.59 Å². The van der Waals surface area contributed by atoms with Crippen LogP contribution in [0.4, 0.5) is 0 Å². The lowest BCUT2D eigenvalue weighted by atomic mass is 9.99. The van der Waals surface area contributed by atoms with Crippen LogP contribution in [-0.2, 0) is 11.2 Å². The zero-order valence-electron chi connectivity index (χ0n) is 12.8. The molecule has 0 bridgehead atoms. The van der Waals surface area contributed by atoms with Gasteiger partial charge in [-0.25, -0.2) is 4.79 Å². The molecule has 3 aromatic rings. The van der Waals surface area contributed by atoms with Crippen molar-refractivity contribution in [2.75, 3.05) is 6.61 Å². The smallest absolute Gasteiger partial charge is 0.330 e. The minimum atomic E-state index is -1.06. The van der Waals surface area contributed by atoms with E-state index < -0.39 is 12.0 Å². The number of benzene rings is 2. The number of aliphatic carboxylic acids is 1. The molecule has 0 fully saturated rings. The second-order valence-corrected chi connectivity index (χ2v) is 5.89. The van der Waals surface area contributed by atoms with Crippen LogP contribution in [0.2, 0.25) is 0 Å². The summed E-state index contributed by atoms with van der Waals surface area (Å²) < 4.78 is 6.60. The first-order valence-electron chi connectivity index (χ1n) is 7.71. The summed E-state index contributed by atoms with van der Waals surface area (Å²) in [4.78, 5) is 23.5. The van der Waals surface area contributed by atoms with E-state index in [2.05, 4.69) is 18.2 Å². The van der Waals surface area contributed by atoms with Crippen LogP contribution in [0.5, 0.6) is 5.88 Å². The van der Waals surface area contributed by atoms with Crippen molar-refractivity contribution in [1.82, 2.24) is 4.57 Å². The molecule has 0 spiro atoms. The van der Waals surface area contributed by atoms with Gasteiger partial charge in [-0.15, -0.1) is 0 Å². The van der Waals surface area contributed by atoms with Gasteiger partial charge in [-0.3, -0.25) is 9.36 Å². The van der Waals surface area contributed by atoms with Crippen molar-refractivity contribution in [3.8, 4) is 5.88 Å². The molecule has 0 radical (unpaired) electrons. The zero-order valence-corrected chi connectivity index (χ0v) is 12.8. The Labute approximate surface area is 137 Å². The van der Waals surface area contributed by atoms with Crippen molar-refractivity contribution in [2.24, 2.45) is 0 Å². The molecule has 5 nitrogen and oxygen atoms in total. The fourth-order valence-electron chi connectivity index (χ4n) is 3.21. The molecule has 5 heteroatoms. The van der Waals surface area contributed by atoms with E-state index in [0.717, 1.165) is 21.9 Å². The van der Waals surface area contributed by atoms with Crippen LogP contribution in [-0.4, -0.2) is 22.2 Å². The highest BCUT2D eigenvalue weighted by molar-refractivity contribution is 5.85. The summed E-state index contributed by atoms with van der Waals surface area (Å²) in [5.74, 6) is -0.734. The van der Waals surface area contributed by atoms with Crippen LogP contribution in [0.15, 0.2) is 59.4 Å². The molecule has 0 amide bonds. The molecular formula is C19H15NO4. The average Bonchev–Trinajstić information content (AvgIpc) is 3.00. The summed E-state index contributed by atoms with van der Waals surface area (Å²) >= 11 is 0. The van der Waals surface area contributed by atoms with Crippen LogP contribution in [0.3, 0.4) is 0 Å². The molecule has 0 aliphatic carbocycles. The van der Waals surface area contributed by atoms with Gasteiger partial charge < -0.3 is 9.84 Å². The molecule has 4 rings (SSSR count). The highest BCUT2D eigenvalue weighted by Gasteiger charge is 2.30. The third-order valence-corrected chi connectivity index (χ3v) is 4.35. The topological polar surface area (TPSA) is 68.5 Å². The third-order valence-electron chi connectivity index (χ3n) is 4.35. The molecule has 0 saturated heterocycles. The summed E-state index contributed by atoms with van der Waals surface area (Å²) in [5.41, 5.74) is 1.59. The zero-order chi connectivity index (χ0) is 16.7. The normalized spacial score (nSPS) is 15.9. The predicted octanol–water partition coefficient (Wildman–Crippen LogP) is 2.61. The molecule has 24 heavy (non-hydrogen) atoms. The summed E-state index contributed by atoms with van der Waals surface area (Å²) in [5, 5.41) is 11.5. The molecule has 0 saturated carbocycles. The number of pyridine rings is 1. The number of hydrogen-bond donors (Lipinski definition) is 1. The minimum Gasteiger partial charge on any atom is -0.480 e. The lowest BCUT2D eigenvalue weighted by Crippen LogP contribution is -2.27. The lowest BCUT2D eigenvalue weighted by molar-refractivity contribution is -0.140. The fraction of sp³-hybridized carbons (Fsp3) is 0.158. The molecule has 1 aliphatic rings. The number of fused-ring (bicyclic) bond motifs is 2. The SMILES string of the molecule is O=C(O)[C@@H]1COc2cc(Cc3cccc4ccccc34)cc(=O)n21. The van der Waals surface area contributed by atoms with Gasteiger partial charge in [0, 0.05) is 12.1 Å². The number of hydrogen-bond acceptors (Lipinski definition) is 3. The van der Waals surface area contributed by atoms with Gasteiger partial charge in [0.25, 0.3) is 5.56 Å². The van der Waals surface area contributed by atoms with Crippen molar-refractivity contribution in [2.45, 2.75) is 12.5 Å². The molecule has 1 aliphatic heterocycles. The summed E-state index contributed by atoms with van der Waals surface area (Å²) in [7, 11) is 0. The first-order valence-corrected chi connectivity index (χ1v) is 7.71. The van der Waals surface area contributed by atoms with Gasteiger partial charge in [0.15, 0.2) is 11.9 Å². The molecular weight excluding hydrogens is 306 g/mol. The Morgan fingerprint density at radius 2 is 1.96 bits per heavy atom. The Bertz CT molecular complexity index is 1000. The van der Waals surface area contributed by atoms with Crippen molar-refractivity contribution < 1.29 is 14.6 Å². The second-order valence-electron chi connectivity index (χ2n) is 5.89. The molecule has 1 N–H and O–H groups in total.